The largest absolute Gasteiger partial charge is 0.382 e. The fourth-order valence-electron chi connectivity index (χ4n) is 0.963. The van der Waals surface area contributed by atoms with Crippen molar-refractivity contribution < 1.29 is 4.39 Å². The summed E-state index contributed by atoms with van der Waals surface area (Å²) in [6, 6.07) is 4.97. The van der Waals surface area contributed by atoms with Crippen molar-refractivity contribution in [2.75, 3.05) is 11.9 Å². The van der Waals surface area contributed by atoms with Gasteiger partial charge >= 0.3 is 0 Å². The van der Waals surface area contributed by atoms with E-state index in [1.807, 2.05) is 42.5 Å². The molecular formula is C10H14FIN2. The number of hydrogen-bond acceptors (Lipinski definition) is 2. The van der Waals surface area contributed by atoms with E-state index < -0.39 is 0 Å². The molecule has 0 saturated carbocycles. The molecule has 2 nitrogen and oxygen atoms in total. The summed E-state index contributed by atoms with van der Waals surface area (Å²) < 4.78 is 13.7. The van der Waals surface area contributed by atoms with Crippen molar-refractivity contribution in [3.63, 3.8) is 0 Å². The molecule has 0 fully saturated rings. The molecule has 4 heteroatoms. The number of rotatable bonds is 3. The van der Waals surface area contributed by atoms with Crippen molar-refractivity contribution in [3.05, 3.63) is 27.6 Å². The Hall–Kier alpha value is -0.360. The molecule has 0 aliphatic heterocycles. The Bertz CT molecular complexity index is 320. The summed E-state index contributed by atoms with van der Waals surface area (Å²) in [6.07, 6.45) is 0. The van der Waals surface area contributed by atoms with Gasteiger partial charge in [-0.05, 0) is 48.6 Å². The zero-order chi connectivity index (χ0) is 10.8. The van der Waals surface area contributed by atoms with Gasteiger partial charge in [0.25, 0.3) is 0 Å². The molecule has 3 N–H and O–H groups in total. The van der Waals surface area contributed by atoms with Crippen LogP contribution in [0.2, 0.25) is 0 Å². The van der Waals surface area contributed by atoms with E-state index in [4.69, 9.17) is 5.73 Å². The first kappa shape index (κ1) is 11.7. The summed E-state index contributed by atoms with van der Waals surface area (Å²) in [6.45, 7) is 4.46. The van der Waals surface area contributed by atoms with Crippen molar-refractivity contribution >= 4 is 28.3 Å². The van der Waals surface area contributed by atoms with Crippen LogP contribution in [0.4, 0.5) is 10.1 Å². The van der Waals surface area contributed by atoms with Gasteiger partial charge in [-0.3, -0.25) is 0 Å². The van der Waals surface area contributed by atoms with Crippen LogP contribution >= 0.6 is 22.6 Å². The van der Waals surface area contributed by atoms with E-state index >= 15 is 0 Å². The Morgan fingerprint density at radius 2 is 2.14 bits per heavy atom. The third kappa shape index (κ3) is 3.42. The van der Waals surface area contributed by atoms with Crippen molar-refractivity contribution in [3.8, 4) is 0 Å². The van der Waals surface area contributed by atoms with Gasteiger partial charge in [0.2, 0.25) is 0 Å². The summed E-state index contributed by atoms with van der Waals surface area (Å²) >= 11 is 1.98. The molecular weight excluding hydrogens is 294 g/mol. The maximum atomic E-state index is 13.1. The first-order valence-electron chi connectivity index (χ1n) is 4.37. The van der Waals surface area contributed by atoms with Crippen molar-refractivity contribution in [2.24, 2.45) is 5.73 Å². The van der Waals surface area contributed by atoms with E-state index in [9.17, 15) is 4.39 Å². The van der Waals surface area contributed by atoms with Crippen molar-refractivity contribution in [2.45, 2.75) is 19.4 Å². The van der Waals surface area contributed by atoms with Gasteiger partial charge < -0.3 is 11.1 Å². The zero-order valence-electron chi connectivity index (χ0n) is 8.27. The van der Waals surface area contributed by atoms with Crippen LogP contribution in [0.1, 0.15) is 13.8 Å². The van der Waals surface area contributed by atoms with Crippen LogP contribution < -0.4 is 11.1 Å². The highest BCUT2D eigenvalue weighted by molar-refractivity contribution is 14.1. The summed E-state index contributed by atoms with van der Waals surface area (Å²) in [5.41, 5.74) is 6.31. The molecule has 0 bridgehead atoms. The molecule has 0 heterocycles. The topological polar surface area (TPSA) is 38.0 Å². The van der Waals surface area contributed by atoms with Crippen LogP contribution in [-0.4, -0.2) is 12.1 Å². The summed E-state index contributed by atoms with van der Waals surface area (Å²) in [4.78, 5) is 0. The number of hydrogen-bond donors (Lipinski definition) is 2. The van der Waals surface area contributed by atoms with Crippen LogP contribution in [0.5, 0.6) is 0 Å². The van der Waals surface area contributed by atoms with Crippen LogP contribution in [-0.2, 0) is 0 Å². The van der Waals surface area contributed by atoms with Crippen LogP contribution in [0.25, 0.3) is 0 Å². The molecule has 0 aromatic heterocycles. The molecule has 0 aliphatic carbocycles. The van der Waals surface area contributed by atoms with Gasteiger partial charge in [0.15, 0.2) is 0 Å². The molecule has 1 aromatic rings. The molecule has 0 amide bonds. The highest BCUT2D eigenvalue weighted by Gasteiger charge is 2.11. The van der Waals surface area contributed by atoms with E-state index in [1.165, 1.54) is 6.07 Å². The quantitative estimate of drug-likeness (QED) is 0.842. The van der Waals surface area contributed by atoms with Crippen molar-refractivity contribution in [1.29, 1.82) is 0 Å². The lowest BCUT2D eigenvalue weighted by Crippen LogP contribution is -2.39. The maximum absolute atomic E-state index is 13.1. The first-order chi connectivity index (χ1) is 6.40. The third-order valence-electron chi connectivity index (χ3n) is 1.69. The lowest BCUT2D eigenvalue weighted by atomic mass is 10.1. The van der Waals surface area contributed by atoms with Gasteiger partial charge in [-0.2, -0.15) is 0 Å². The lowest BCUT2D eigenvalue weighted by Gasteiger charge is -2.20. The summed E-state index contributed by atoms with van der Waals surface area (Å²) in [5, 5.41) is 3.12. The van der Waals surface area contributed by atoms with Gasteiger partial charge in [-0.25, -0.2) is 4.39 Å². The fourth-order valence-corrected chi connectivity index (χ4v) is 1.51. The van der Waals surface area contributed by atoms with E-state index in [2.05, 4.69) is 5.32 Å². The van der Waals surface area contributed by atoms with Crippen LogP contribution in [0.15, 0.2) is 18.2 Å². The average Bonchev–Trinajstić information content (AvgIpc) is 2.06. The van der Waals surface area contributed by atoms with Gasteiger partial charge in [-0.15, -0.1) is 0 Å². The molecule has 1 rings (SSSR count). The van der Waals surface area contributed by atoms with Gasteiger partial charge in [0.1, 0.15) is 5.82 Å². The second-order valence-electron chi connectivity index (χ2n) is 3.94. The molecule has 0 aliphatic rings. The molecule has 0 saturated heterocycles. The Kier molecular flexibility index (Phi) is 3.71. The van der Waals surface area contributed by atoms with Gasteiger partial charge in [0.05, 0.1) is 9.26 Å². The Morgan fingerprint density at radius 3 is 2.71 bits per heavy atom. The SMILES string of the molecule is CC(C)(N)CNc1cccc(F)c1I. The Labute approximate surface area is 97.2 Å². The van der Waals surface area contributed by atoms with Gasteiger partial charge in [0, 0.05) is 12.1 Å². The molecule has 1 aromatic carbocycles. The number of halogens is 2. The van der Waals surface area contributed by atoms with E-state index in [1.54, 1.807) is 6.07 Å². The highest BCUT2D eigenvalue weighted by atomic mass is 127. The van der Waals surface area contributed by atoms with E-state index in [0.29, 0.717) is 10.1 Å². The number of benzene rings is 1. The summed E-state index contributed by atoms with van der Waals surface area (Å²) in [7, 11) is 0. The average molecular weight is 308 g/mol. The molecule has 78 valence electrons. The minimum absolute atomic E-state index is 0.203. The van der Waals surface area contributed by atoms with Gasteiger partial charge in [-0.1, -0.05) is 6.07 Å². The van der Waals surface area contributed by atoms with E-state index in [0.717, 1.165) is 5.69 Å². The Morgan fingerprint density at radius 1 is 1.50 bits per heavy atom. The minimum atomic E-state index is -0.296. The highest BCUT2D eigenvalue weighted by Crippen LogP contribution is 2.21. The second kappa shape index (κ2) is 4.44. The predicted octanol–water partition coefficient (Wildman–Crippen LogP) is 2.58. The lowest BCUT2D eigenvalue weighted by molar-refractivity contribution is 0.548. The number of nitrogens with two attached hydrogens (primary N) is 1. The summed E-state index contributed by atoms with van der Waals surface area (Å²) in [5.74, 6) is -0.203. The maximum Gasteiger partial charge on any atom is 0.138 e. The molecule has 0 atom stereocenters. The smallest absolute Gasteiger partial charge is 0.138 e. The van der Waals surface area contributed by atoms with Crippen LogP contribution in [0, 0.1) is 9.39 Å². The molecule has 0 unspecified atom stereocenters. The number of anilines is 1. The van der Waals surface area contributed by atoms with Crippen LogP contribution in [0.3, 0.4) is 0 Å². The number of nitrogens with one attached hydrogen (secondary N) is 1. The monoisotopic (exact) mass is 308 g/mol. The zero-order valence-corrected chi connectivity index (χ0v) is 10.4. The molecule has 0 spiro atoms. The predicted molar refractivity (Wildman–Crippen MR) is 65.9 cm³/mol. The normalized spacial score (nSPS) is 11.5. The van der Waals surface area contributed by atoms with Crippen molar-refractivity contribution in [1.82, 2.24) is 0 Å². The third-order valence-corrected chi connectivity index (χ3v) is 2.78. The standard InChI is InChI=1S/C10H14FIN2/c1-10(2,13)6-14-8-5-3-4-7(11)9(8)12/h3-5,14H,6,13H2,1-2H3. The minimum Gasteiger partial charge on any atom is -0.382 e. The first-order valence-corrected chi connectivity index (χ1v) is 5.45. The van der Waals surface area contributed by atoms with E-state index in [-0.39, 0.29) is 11.4 Å². The second-order valence-corrected chi connectivity index (χ2v) is 5.02. The molecule has 14 heavy (non-hydrogen) atoms. The fraction of sp³-hybridized carbons (Fsp3) is 0.400. The molecule has 0 radical (unpaired) electrons. The Balaban J connectivity index is 2.73.